The van der Waals surface area contributed by atoms with Crippen LogP contribution in [0.5, 0.6) is 0 Å². The van der Waals surface area contributed by atoms with Crippen molar-refractivity contribution in [1.29, 1.82) is 0 Å². The van der Waals surface area contributed by atoms with Gasteiger partial charge in [-0.15, -0.1) is 5.10 Å². The Balaban J connectivity index is 2.53. The van der Waals surface area contributed by atoms with Gasteiger partial charge < -0.3 is 10.4 Å². The average molecular weight is 243 g/mol. The minimum Gasteiger partial charge on any atom is -0.396 e. The van der Waals surface area contributed by atoms with Crippen LogP contribution in [0.1, 0.15) is 36.4 Å². The topological polar surface area (TPSA) is 75.1 Å². The van der Waals surface area contributed by atoms with Gasteiger partial charge in [-0.3, -0.25) is 4.79 Å². The molecule has 0 aliphatic rings. The van der Waals surface area contributed by atoms with Crippen LogP contribution in [-0.4, -0.2) is 33.8 Å². The number of carbonyl (C=O) groups is 1. The summed E-state index contributed by atoms with van der Waals surface area (Å²) in [7, 11) is 0. The van der Waals surface area contributed by atoms with E-state index in [0.717, 1.165) is 24.4 Å². The first-order valence-electron chi connectivity index (χ1n) is 5.34. The van der Waals surface area contributed by atoms with Gasteiger partial charge in [0, 0.05) is 12.0 Å². The number of aliphatic hydroxyl groups excluding tert-OH is 1. The van der Waals surface area contributed by atoms with Crippen LogP contribution in [-0.2, 0) is 0 Å². The van der Waals surface area contributed by atoms with Gasteiger partial charge in [-0.1, -0.05) is 18.3 Å². The number of rotatable bonds is 6. The largest absolute Gasteiger partial charge is 0.396 e. The van der Waals surface area contributed by atoms with Gasteiger partial charge in [0.15, 0.2) is 0 Å². The molecular weight excluding hydrogens is 226 g/mol. The first kappa shape index (κ1) is 13.1. The molecule has 0 saturated carbocycles. The van der Waals surface area contributed by atoms with Crippen molar-refractivity contribution in [3.8, 4) is 0 Å². The Labute approximate surface area is 99.0 Å². The molecule has 1 rings (SSSR count). The van der Waals surface area contributed by atoms with Crippen LogP contribution in [0.3, 0.4) is 0 Å². The molecule has 1 aromatic heterocycles. The molecule has 0 radical (unpaired) electrons. The molecule has 0 spiro atoms. The van der Waals surface area contributed by atoms with E-state index in [-0.39, 0.29) is 17.9 Å². The Morgan fingerprint density at radius 1 is 1.56 bits per heavy atom. The Kier molecular flexibility index (Phi) is 4.82. The third-order valence-corrected chi connectivity index (χ3v) is 3.71. The second-order valence-electron chi connectivity index (χ2n) is 3.83. The second kappa shape index (κ2) is 5.91. The third-order valence-electron chi connectivity index (χ3n) is 3.04. The first-order valence-corrected chi connectivity index (χ1v) is 6.11. The van der Waals surface area contributed by atoms with Crippen molar-refractivity contribution in [3.63, 3.8) is 0 Å². The van der Waals surface area contributed by atoms with Crippen LogP contribution < -0.4 is 5.32 Å². The lowest BCUT2D eigenvalue weighted by Gasteiger charge is -2.29. The van der Waals surface area contributed by atoms with Crippen molar-refractivity contribution < 1.29 is 9.90 Å². The molecule has 1 aromatic rings. The zero-order valence-corrected chi connectivity index (χ0v) is 10.4. The number of hydrogen-bond acceptors (Lipinski definition) is 5. The van der Waals surface area contributed by atoms with Crippen molar-refractivity contribution in [2.75, 3.05) is 13.2 Å². The lowest BCUT2D eigenvalue weighted by Crippen LogP contribution is -2.39. The van der Waals surface area contributed by atoms with E-state index in [4.69, 9.17) is 0 Å². The summed E-state index contributed by atoms with van der Waals surface area (Å²) in [5, 5.41) is 15.8. The maximum absolute atomic E-state index is 11.6. The molecule has 0 fully saturated rings. The summed E-state index contributed by atoms with van der Waals surface area (Å²) in [4.78, 5) is 12.1. The zero-order chi connectivity index (χ0) is 12.0. The van der Waals surface area contributed by atoms with Gasteiger partial charge in [0.25, 0.3) is 5.91 Å². The van der Waals surface area contributed by atoms with Crippen LogP contribution in [0.2, 0.25) is 0 Å². The van der Waals surface area contributed by atoms with Crippen molar-refractivity contribution in [2.24, 2.45) is 5.41 Å². The highest BCUT2D eigenvalue weighted by Crippen LogP contribution is 2.24. The highest BCUT2D eigenvalue weighted by atomic mass is 32.1. The molecule has 0 unspecified atom stereocenters. The van der Waals surface area contributed by atoms with Gasteiger partial charge >= 0.3 is 0 Å². The predicted octanol–water partition coefficient (Wildman–Crippen LogP) is 1.07. The van der Waals surface area contributed by atoms with E-state index in [1.54, 1.807) is 0 Å². The van der Waals surface area contributed by atoms with Crippen LogP contribution >= 0.6 is 11.5 Å². The molecule has 0 bridgehead atoms. The molecule has 0 saturated heterocycles. The summed E-state index contributed by atoms with van der Waals surface area (Å²) in [5.74, 6) is -0.172. The Morgan fingerprint density at radius 3 is 2.69 bits per heavy atom. The number of carbonyl (C=O) groups excluding carboxylic acids is 1. The van der Waals surface area contributed by atoms with Gasteiger partial charge in [-0.05, 0) is 24.4 Å². The molecule has 16 heavy (non-hydrogen) atoms. The Hall–Kier alpha value is -1.01. The summed E-state index contributed by atoms with van der Waals surface area (Å²) in [6.45, 7) is 4.59. The maximum Gasteiger partial charge on any atom is 0.264 e. The van der Waals surface area contributed by atoms with Crippen molar-refractivity contribution in [1.82, 2.24) is 14.9 Å². The van der Waals surface area contributed by atoms with Crippen LogP contribution in [0.4, 0.5) is 0 Å². The number of nitrogens with zero attached hydrogens (tertiary/aromatic N) is 2. The van der Waals surface area contributed by atoms with Gasteiger partial charge in [0.1, 0.15) is 4.88 Å². The normalized spacial score (nSPS) is 11.4. The van der Waals surface area contributed by atoms with E-state index in [2.05, 4.69) is 14.9 Å². The number of amides is 1. The highest BCUT2D eigenvalue weighted by Gasteiger charge is 2.26. The first-order chi connectivity index (χ1) is 7.67. The van der Waals surface area contributed by atoms with E-state index in [1.807, 2.05) is 13.8 Å². The smallest absolute Gasteiger partial charge is 0.264 e. The average Bonchev–Trinajstić information content (AvgIpc) is 2.85. The summed E-state index contributed by atoms with van der Waals surface area (Å²) in [6.07, 6.45) is 3.11. The number of aromatic nitrogens is 2. The van der Waals surface area contributed by atoms with Crippen LogP contribution in [0.25, 0.3) is 0 Å². The van der Waals surface area contributed by atoms with E-state index < -0.39 is 0 Å². The van der Waals surface area contributed by atoms with Gasteiger partial charge in [-0.2, -0.15) is 0 Å². The summed E-state index contributed by atoms with van der Waals surface area (Å²) < 4.78 is 3.63. The van der Waals surface area contributed by atoms with E-state index in [1.165, 1.54) is 6.20 Å². The Morgan fingerprint density at radius 2 is 2.25 bits per heavy atom. The molecule has 0 aliphatic heterocycles. The summed E-state index contributed by atoms with van der Waals surface area (Å²) in [6, 6.07) is 0. The highest BCUT2D eigenvalue weighted by molar-refractivity contribution is 7.07. The standard InChI is InChI=1S/C10H17N3O2S/c1-3-10(4-2,7-14)6-11-9(15)8-5-12-13-16-8/h5,14H,3-4,6-7H2,1-2H3,(H,11,15). The predicted molar refractivity (Wildman–Crippen MR) is 62.3 cm³/mol. The molecule has 0 atom stereocenters. The maximum atomic E-state index is 11.6. The van der Waals surface area contributed by atoms with Crippen molar-refractivity contribution >= 4 is 17.4 Å². The fourth-order valence-corrected chi connectivity index (χ4v) is 1.83. The molecule has 1 heterocycles. The molecule has 6 heteroatoms. The van der Waals surface area contributed by atoms with Crippen molar-refractivity contribution in [3.05, 3.63) is 11.1 Å². The third kappa shape index (κ3) is 2.99. The number of hydrogen-bond donors (Lipinski definition) is 2. The molecule has 2 N–H and O–H groups in total. The molecule has 0 aliphatic carbocycles. The molecular formula is C10H17N3O2S. The van der Waals surface area contributed by atoms with Gasteiger partial charge in [0.2, 0.25) is 0 Å². The number of aliphatic hydroxyl groups is 1. The van der Waals surface area contributed by atoms with Gasteiger partial charge in [0.05, 0.1) is 12.8 Å². The van der Waals surface area contributed by atoms with E-state index >= 15 is 0 Å². The second-order valence-corrected chi connectivity index (χ2v) is 4.62. The van der Waals surface area contributed by atoms with Crippen LogP contribution in [0.15, 0.2) is 6.20 Å². The van der Waals surface area contributed by atoms with Crippen molar-refractivity contribution in [2.45, 2.75) is 26.7 Å². The fraction of sp³-hybridized carbons (Fsp3) is 0.700. The quantitative estimate of drug-likeness (QED) is 0.783. The minimum atomic E-state index is -0.215. The molecule has 5 nitrogen and oxygen atoms in total. The lowest BCUT2D eigenvalue weighted by atomic mass is 9.83. The van der Waals surface area contributed by atoms with Gasteiger partial charge in [-0.25, -0.2) is 0 Å². The molecule has 0 aromatic carbocycles. The fourth-order valence-electron chi connectivity index (χ4n) is 1.40. The monoisotopic (exact) mass is 243 g/mol. The summed E-state index contributed by atoms with van der Waals surface area (Å²) in [5.41, 5.74) is -0.215. The summed E-state index contributed by atoms with van der Waals surface area (Å²) >= 11 is 1.07. The van der Waals surface area contributed by atoms with Crippen LogP contribution in [0, 0.1) is 5.41 Å². The van der Waals surface area contributed by atoms with E-state index in [0.29, 0.717) is 11.4 Å². The molecule has 90 valence electrons. The van der Waals surface area contributed by atoms with E-state index in [9.17, 15) is 9.90 Å². The molecule has 1 amide bonds. The lowest BCUT2D eigenvalue weighted by molar-refractivity contribution is 0.0854. The zero-order valence-electron chi connectivity index (χ0n) is 9.56. The Bertz CT molecular complexity index is 315. The minimum absolute atomic E-state index is 0.0845. The SMILES string of the molecule is CCC(CC)(CO)CNC(=O)c1cnns1. The number of nitrogens with one attached hydrogen (secondary N) is 1.